The first kappa shape index (κ1) is 21.7. The van der Waals surface area contributed by atoms with Gasteiger partial charge < -0.3 is 4.23 Å². The Hall–Kier alpha value is 0.671. The minimum absolute atomic E-state index is 0.307. The first-order chi connectivity index (χ1) is 9.94. The molecule has 0 N–H and O–H groups in total. The van der Waals surface area contributed by atoms with E-state index in [1.165, 1.54) is 25.7 Å². The molecule has 0 aromatic heterocycles. The summed E-state index contributed by atoms with van der Waals surface area (Å²) in [4.78, 5) is 0. The van der Waals surface area contributed by atoms with Crippen LogP contribution in [0.15, 0.2) is 22.5 Å². The molecule has 6 heteroatoms. The Morgan fingerprint density at radius 1 is 1.10 bits per heavy atom. The van der Waals surface area contributed by atoms with Crippen molar-refractivity contribution < 1.29 is 0 Å². The fourth-order valence-corrected chi connectivity index (χ4v) is 10.6. The van der Waals surface area contributed by atoms with E-state index < -0.39 is 7.42 Å². The first-order valence-electron chi connectivity index (χ1n) is 8.20. The highest BCUT2D eigenvalue weighted by molar-refractivity contribution is 7.33. The fourth-order valence-electron chi connectivity index (χ4n) is 2.42. The van der Waals surface area contributed by atoms with E-state index in [0.717, 1.165) is 6.04 Å². The van der Waals surface area contributed by atoms with Gasteiger partial charge in [0, 0.05) is 0 Å². The van der Waals surface area contributed by atoms with Crippen LogP contribution in [0.5, 0.6) is 0 Å². The molecule has 0 saturated carbocycles. The van der Waals surface area contributed by atoms with Gasteiger partial charge in [-0.15, -0.1) is 0 Å². The summed E-state index contributed by atoms with van der Waals surface area (Å²) in [5.74, 6) is 0. The molecule has 124 valence electrons. The number of allylic oxidation sites excluding steroid dienone is 4. The number of nitrogens with zero attached hydrogens (tertiary/aromatic N) is 1. The lowest BCUT2D eigenvalue weighted by atomic mass is 10.1. The zero-order chi connectivity index (χ0) is 16.3. The third-order valence-corrected chi connectivity index (χ3v) is 11.0. The number of unbranched alkanes of at least 4 members (excludes halogenated alkanes) is 2. The van der Waals surface area contributed by atoms with Crippen LogP contribution in [0.4, 0.5) is 0 Å². The second-order valence-corrected chi connectivity index (χ2v) is 16.4. The van der Waals surface area contributed by atoms with Gasteiger partial charge in [-0.2, -0.15) is 22.2 Å². The molecule has 0 saturated heterocycles. The molecule has 1 unspecified atom stereocenters. The topological polar surface area (TPSA) is 3.24 Å². The highest BCUT2D eigenvalue weighted by Crippen LogP contribution is 2.20. The van der Waals surface area contributed by atoms with Gasteiger partial charge in [-0.25, -0.2) is 0 Å². The quantitative estimate of drug-likeness (QED) is 0.297. The fraction of sp³-hybridized carbons (Fsp3) is 0.733. The van der Waals surface area contributed by atoms with Crippen LogP contribution in [0.3, 0.4) is 0 Å². The van der Waals surface area contributed by atoms with Crippen molar-refractivity contribution in [3.8, 4) is 0 Å². The standard InChI is InChI=1S/C15H33Cl2NSi3/c1-6-9-10-11-15(12-21(16)17)18(19-13(4)7-2)20-14(5)8-3/h7-8,15,21H,6,9-12,19-20H2,1-5H3. The van der Waals surface area contributed by atoms with E-state index in [2.05, 4.69) is 51.0 Å². The van der Waals surface area contributed by atoms with E-state index in [1.807, 2.05) is 0 Å². The summed E-state index contributed by atoms with van der Waals surface area (Å²) < 4.78 is 2.85. The van der Waals surface area contributed by atoms with Crippen LogP contribution in [0.25, 0.3) is 0 Å². The second-order valence-electron chi connectivity index (χ2n) is 5.95. The highest BCUT2D eigenvalue weighted by atomic mass is 35.7. The van der Waals surface area contributed by atoms with Gasteiger partial charge in [-0.1, -0.05) is 48.7 Å². The van der Waals surface area contributed by atoms with Gasteiger partial charge in [0.2, 0.25) is 7.42 Å². The summed E-state index contributed by atoms with van der Waals surface area (Å²) >= 11 is 12.5. The van der Waals surface area contributed by atoms with Gasteiger partial charge in [-0.3, -0.25) is 0 Å². The van der Waals surface area contributed by atoms with Crippen molar-refractivity contribution in [1.29, 1.82) is 0 Å². The van der Waals surface area contributed by atoms with Crippen LogP contribution in [-0.2, 0) is 0 Å². The van der Waals surface area contributed by atoms with Crippen molar-refractivity contribution in [1.82, 2.24) is 4.23 Å². The number of hydrogen-bond acceptors (Lipinski definition) is 1. The van der Waals surface area contributed by atoms with Crippen molar-refractivity contribution in [2.75, 3.05) is 0 Å². The molecule has 1 atom stereocenters. The lowest BCUT2D eigenvalue weighted by Gasteiger charge is -2.33. The zero-order valence-electron chi connectivity index (χ0n) is 14.5. The van der Waals surface area contributed by atoms with Gasteiger partial charge in [0.1, 0.15) is 19.4 Å². The van der Waals surface area contributed by atoms with Crippen LogP contribution in [0.2, 0.25) is 6.04 Å². The molecule has 0 aliphatic rings. The molecule has 0 amide bonds. The summed E-state index contributed by atoms with van der Waals surface area (Å²) in [6.45, 7) is 11.2. The predicted octanol–water partition coefficient (Wildman–Crippen LogP) is 3.95. The number of halogens is 2. The molecule has 0 spiro atoms. The Balaban J connectivity index is 4.93. The summed E-state index contributed by atoms with van der Waals surface area (Å²) in [5, 5.41) is 3.18. The molecule has 0 aliphatic heterocycles. The van der Waals surface area contributed by atoms with E-state index in [1.54, 1.807) is 10.4 Å². The largest absolute Gasteiger partial charge is 0.346 e. The normalized spacial score (nSPS) is 16.2. The second kappa shape index (κ2) is 13.1. The van der Waals surface area contributed by atoms with Gasteiger partial charge in [-0.05, 0) is 46.2 Å². The van der Waals surface area contributed by atoms with E-state index in [0.29, 0.717) is 6.04 Å². The average molecular weight is 383 g/mol. The maximum absolute atomic E-state index is 6.25. The van der Waals surface area contributed by atoms with Gasteiger partial charge in [0.05, 0.1) is 0 Å². The van der Waals surface area contributed by atoms with Crippen molar-refractivity contribution in [2.24, 2.45) is 0 Å². The summed E-state index contributed by atoms with van der Waals surface area (Å²) in [6, 6.07) is 1.70. The molecule has 0 aromatic rings. The van der Waals surface area contributed by atoms with Crippen molar-refractivity contribution >= 4 is 48.9 Å². The molecule has 0 bridgehead atoms. The van der Waals surface area contributed by atoms with E-state index in [4.69, 9.17) is 22.2 Å². The molecule has 0 radical (unpaired) electrons. The minimum atomic E-state index is -1.54. The third kappa shape index (κ3) is 10.9. The zero-order valence-corrected chi connectivity index (χ0v) is 20.0. The Bertz CT molecular complexity index is 313. The Labute approximate surface area is 148 Å². The van der Waals surface area contributed by atoms with Crippen LogP contribution in [0.1, 0.15) is 60.3 Å². The molecular formula is C15H33Cl2NSi3. The van der Waals surface area contributed by atoms with Gasteiger partial charge in [0.15, 0.2) is 0 Å². The lowest BCUT2D eigenvalue weighted by Crippen LogP contribution is -2.43. The Morgan fingerprint density at radius 3 is 2.00 bits per heavy atom. The summed E-state index contributed by atoms with van der Waals surface area (Å²) in [6.07, 6.45) is 9.79. The van der Waals surface area contributed by atoms with Crippen molar-refractivity contribution in [2.45, 2.75) is 72.4 Å². The minimum Gasteiger partial charge on any atom is -0.346 e. The predicted molar refractivity (Wildman–Crippen MR) is 109 cm³/mol. The SMILES string of the molecule is CC=C(C)[SiH2]N([SiH2]C(C)=CC)C(CCCCC)C[SiH](Cl)Cl. The molecule has 0 fully saturated rings. The van der Waals surface area contributed by atoms with E-state index in [-0.39, 0.29) is 19.4 Å². The summed E-state index contributed by atoms with van der Waals surface area (Å²) in [7, 11) is -2.15. The van der Waals surface area contributed by atoms with Crippen LogP contribution in [-0.4, -0.2) is 37.1 Å². The Kier molecular flexibility index (Phi) is 13.6. The maximum Gasteiger partial charge on any atom is 0.238 e. The smallest absolute Gasteiger partial charge is 0.238 e. The van der Waals surface area contributed by atoms with Crippen LogP contribution >= 0.6 is 22.2 Å². The number of rotatable bonds is 11. The van der Waals surface area contributed by atoms with Crippen LogP contribution in [0, 0.1) is 0 Å². The average Bonchev–Trinajstić information content (AvgIpc) is 2.44. The monoisotopic (exact) mass is 381 g/mol. The van der Waals surface area contributed by atoms with Gasteiger partial charge >= 0.3 is 0 Å². The van der Waals surface area contributed by atoms with Crippen LogP contribution < -0.4 is 0 Å². The first-order valence-corrected chi connectivity index (χ1v) is 15.2. The molecule has 1 nitrogen and oxygen atoms in total. The maximum atomic E-state index is 6.25. The molecular weight excluding hydrogens is 349 g/mol. The van der Waals surface area contributed by atoms with E-state index in [9.17, 15) is 0 Å². The highest BCUT2D eigenvalue weighted by Gasteiger charge is 2.22. The third-order valence-electron chi connectivity index (χ3n) is 4.00. The Morgan fingerprint density at radius 2 is 1.62 bits per heavy atom. The van der Waals surface area contributed by atoms with Crippen molar-refractivity contribution in [3.63, 3.8) is 0 Å². The molecule has 0 rings (SSSR count). The summed E-state index contributed by atoms with van der Waals surface area (Å²) in [5.41, 5.74) is 0. The lowest BCUT2D eigenvalue weighted by molar-refractivity contribution is 0.453. The van der Waals surface area contributed by atoms with Gasteiger partial charge in [0.25, 0.3) is 0 Å². The molecule has 0 heterocycles. The van der Waals surface area contributed by atoms with Crippen molar-refractivity contribution in [3.05, 3.63) is 22.5 Å². The molecule has 0 aromatic carbocycles. The number of hydrogen-bond donors (Lipinski definition) is 0. The van der Waals surface area contributed by atoms with E-state index >= 15 is 0 Å². The molecule has 21 heavy (non-hydrogen) atoms. The molecule has 0 aliphatic carbocycles.